The van der Waals surface area contributed by atoms with Gasteiger partial charge in [-0.1, -0.05) is 0 Å². The predicted molar refractivity (Wildman–Crippen MR) is 71.0 cm³/mol. The van der Waals surface area contributed by atoms with Crippen LogP contribution in [0.3, 0.4) is 0 Å². The summed E-state index contributed by atoms with van der Waals surface area (Å²) in [6, 6.07) is 1.57. The van der Waals surface area contributed by atoms with Crippen molar-refractivity contribution in [3.05, 3.63) is 23.7 Å². The third-order valence-corrected chi connectivity index (χ3v) is 4.30. The van der Waals surface area contributed by atoms with Crippen LogP contribution in [0.4, 0.5) is 0 Å². The zero-order chi connectivity index (χ0) is 14.3. The summed E-state index contributed by atoms with van der Waals surface area (Å²) in [5.74, 6) is -0.713. The van der Waals surface area contributed by atoms with Crippen molar-refractivity contribution in [2.45, 2.75) is 51.1 Å². The number of aryl methyl sites for hydroxylation is 1. The van der Waals surface area contributed by atoms with Crippen LogP contribution in [-0.2, 0) is 9.59 Å². The zero-order valence-electron chi connectivity index (χ0n) is 11.5. The molecule has 1 aromatic rings. The molecule has 5 heteroatoms. The van der Waals surface area contributed by atoms with Crippen molar-refractivity contribution in [2.75, 3.05) is 0 Å². The third kappa shape index (κ3) is 2.21. The highest BCUT2D eigenvalue weighted by molar-refractivity contribution is 5.80. The lowest BCUT2D eigenvalue weighted by atomic mass is 9.91. The number of hydrogen-bond donors (Lipinski definition) is 1. The average molecular weight is 277 g/mol. The van der Waals surface area contributed by atoms with Crippen LogP contribution in [0.25, 0.3) is 0 Å². The maximum Gasteiger partial charge on any atom is 0.309 e. The highest BCUT2D eigenvalue weighted by atomic mass is 16.4. The topological polar surface area (TPSA) is 70.7 Å². The normalized spacial score (nSPS) is 27.4. The standard InChI is InChI=1S/C15H19NO4/c1-9-7-8-20-14(9)13-11(15(18)19)3-2-4-12(17)16(13)10-5-6-10/h7-8,10-11,13H,2-6H2,1H3,(H,18,19). The fraction of sp³-hybridized carbons (Fsp3) is 0.600. The summed E-state index contributed by atoms with van der Waals surface area (Å²) in [7, 11) is 0. The second-order valence-corrected chi connectivity index (χ2v) is 5.78. The molecule has 5 nitrogen and oxygen atoms in total. The summed E-state index contributed by atoms with van der Waals surface area (Å²) < 4.78 is 5.54. The Bertz CT molecular complexity index is 532. The zero-order valence-corrected chi connectivity index (χ0v) is 11.5. The van der Waals surface area contributed by atoms with Gasteiger partial charge in [0.25, 0.3) is 0 Å². The van der Waals surface area contributed by atoms with E-state index < -0.39 is 17.9 Å². The molecule has 1 aromatic heterocycles. The number of amides is 1. The molecule has 1 saturated carbocycles. The SMILES string of the molecule is Cc1ccoc1C1C(C(=O)O)CCCC(=O)N1C1CC1. The van der Waals surface area contributed by atoms with Crippen molar-refractivity contribution in [3.8, 4) is 0 Å². The summed E-state index contributed by atoms with van der Waals surface area (Å²) >= 11 is 0. The first-order valence-electron chi connectivity index (χ1n) is 7.17. The number of carbonyl (C=O) groups is 2. The Morgan fingerprint density at radius 3 is 2.70 bits per heavy atom. The van der Waals surface area contributed by atoms with Crippen molar-refractivity contribution < 1.29 is 19.1 Å². The molecule has 2 unspecified atom stereocenters. The summed E-state index contributed by atoms with van der Waals surface area (Å²) in [6.45, 7) is 1.90. The number of nitrogens with zero attached hydrogens (tertiary/aromatic N) is 1. The molecule has 20 heavy (non-hydrogen) atoms. The fourth-order valence-corrected chi connectivity index (χ4v) is 3.15. The molecule has 2 atom stereocenters. The molecule has 2 aliphatic rings. The van der Waals surface area contributed by atoms with Gasteiger partial charge in [-0.15, -0.1) is 0 Å². The van der Waals surface area contributed by atoms with Crippen molar-refractivity contribution in [2.24, 2.45) is 5.92 Å². The van der Waals surface area contributed by atoms with Gasteiger partial charge >= 0.3 is 5.97 Å². The molecule has 108 valence electrons. The molecular formula is C15H19NO4. The van der Waals surface area contributed by atoms with Crippen LogP contribution in [0.5, 0.6) is 0 Å². The van der Waals surface area contributed by atoms with Gasteiger partial charge in [0.15, 0.2) is 0 Å². The lowest BCUT2D eigenvalue weighted by molar-refractivity contribution is -0.146. The van der Waals surface area contributed by atoms with E-state index in [1.165, 1.54) is 0 Å². The molecule has 0 bridgehead atoms. The Hall–Kier alpha value is -1.78. The van der Waals surface area contributed by atoms with Crippen LogP contribution in [0.15, 0.2) is 16.7 Å². The van der Waals surface area contributed by atoms with E-state index >= 15 is 0 Å². The van der Waals surface area contributed by atoms with Crippen molar-refractivity contribution in [1.29, 1.82) is 0 Å². The first kappa shape index (κ1) is 13.2. The molecule has 1 N–H and O–H groups in total. The number of likely N-dealkylation sites (tertiary alicyclic amines) is 1. The fourth-order valence-electron chi connectivity index (χ4n) is 3.15. The number of carboxylic acids is 1. The van der Waals surface area contributed by atoms with Crippen molar-refractivity contribution >= 4 is 11.9 Å². The minimum Gasteiger partial charge on any atom is -0.481 e. The maximum atomic E-state index is 12.4. The molecule has 0 aromatic carbocycles. The number of aliphatic carboxylic acids is 1. The molecule has 1 aliphatic carbocycles. The van der Waals surface area contributed by atoms with E-state index in [4.69, 9.17) is 4.42 Å². The molecule has 0 spiro atoms. The smallest absolute Gasteiger partial charge is 0.309 e. The first-order valence-corrected chi connectivity index (χ1v) is 7.17. The van der Waals surface area contributed by atoms with Crippen LogP contribution < -0.4 is 0 Å². The molecule has 2 heterocycles. The molecule has 1 saturated heterocycles. The Labute approximate surface area is 117 Å². The van der Waals surface area contributed by atoms with E-state index in [2.05, 4.69) is 0 Å². The number of rotatable bonds is 3. The van der Waals surface area contributed by atoms with Crippen LogP contribution in [0.1, 0.15) is 49.5 Å². The Kier molecular flexibility index (Phi) is 3.28. The molecule has 0 radical (unpaired) electrons. The Morgan fingerprint density at radius 2 is 2.15 bits per heavy atom. The number of furan rings is 1. The Balaban J connectivity index is 2.05. The van der Waals surface area contributed by atoms with Crippen LogP contribution in [-0.4, -0.2) is 27.9 Å². The van der Waals surface area contributed by atoms with Crippen molar-refractivity contribution in [1.82, 2.24) is 4.90 Å². The predicted octanol–water partition coefficient (Wildman–Crippen LogP) is 2.50. The van der Waals surface area contributed by atoms with Gasteiger partial charge in [-0.2, -0.15) is 0 Å². The minimum atomic E-state index is -0.842. The van der Waals surface area contributed by atoms with Crippen LogP contribution in [0.2, 0.25) is 0 Å². The van der Waals surface area contributed by atoms with Crippen LogP contribution in [0, 0.1) is 12.8 Å². The van der Waals surface area contributed by atoms with Crippen LogP contribution >= 0.6 is 0 Å². The number of carboxylic acid groups (broad SMARTS) is 1. The Morgan fingerprint density at radius 1 is 1.40 bits per heavy atom. The quantitative estimate of drug-likeness (QED) is 0.921. The summed E-state index contributed by atoms with van der Waals surface area (Å²) in [6.07, 6.45) is 5.10. The second-order valence-electron chi connectivity index (χ2n) is 5.78. The molecule has 3 rings (SSSR count). The van der Waals surface area contributed by atoms with E-state index in [9.17, 15) is 14.7 Å². The molecule has 1 amide bonds. The van der Waals surface area contributed by atoms with Gasteiger partial charge in [-0.25, -0.2) is 0 Å². The first-order chi connectivity index (χ1) is 9.59. The van der Waals surface area contributed by atoms with Gasteiger partial charge < -0.3 is 14.4 Å². The summed E-state index contributed by atoms with van der Waals surface area (Å²) in [5, 5.41) is 9.55. The number of hydrogen-bond acceptors (Lipinski definition) is 3. The lowest BCUT2D eigenvalue weighted by Gasteiger charge is -2.32. The lowest BCUT2D eigenvalue weighted by Crippen LogP contribution is -2.40. The van der Waals surface area contributed by atoms with Gasteiger partial charge in [0, 0.05) is 12.5 Å². The van der Waals surface area contributed by atoms with E-state index in [0.29, 0.717) is 25.0 Å². The molecule has 1 aliphatic heterocycles. The van der Waals surface area contributed by atoms with Gasteiger partial charge in [0.1, 0.15) is 11.8 Å². The van der Waals surface area contributed by atoms with Gasteiger partial charge in [-0.3, -0.25) is 9.59 Å². The van der Waals surface area contributed by atoms with E-state index in [1.54, 1.807) is 11.2 Å². The highest BCUT2D eigenvalue weighted by Crippen LogP contribution is 2.43. The van der Waals surface area contributed by atoms with Gasteiger partial charge in [-0.05, 0) is 44.2 Å². The monoisotopic (exact) mass is 277 g/mol. The largest absolute Gasteiger partial charge is 0.481 e. The van der Waals surface area contributed by atoms with Gasteiger partial charge in [0.2, 0.25) is 5.91 Å². The summed E-state index contributed by atoms with van der Waals surface area (Å²) in [4.78, 5) is 25.8. The van der Waals surface area contributed by atoms with E-state index in [0.717, 1.165) is 18.4 Å². The summed E-state index contributed by atoms with van der Waals surface area (Å²) in [5.41, 5.74) is 0.918. The highest BCUT2D eigenvalue weighted by Gasteiger charge is 2.46. The maximum absolute atomic E-state index is 12.4. The van der Waals surface area contributed by atoms with E-state index in [1.807, 2.05) is 13.0 Å². The minimum absolute atomic E-state index is 0.0667. The average Bonchev–Trinajstić information content (AvgIpc) is 3.15. The second kappa shape index (κ2) is 4.96. The molecular weight excluding hydrogens is 258 g/mol. The molecule has 2 fully saturated rings. The third-order valence-electron chi connectivity index (χ3n) is 4.30. The number of carbonyl (C=O) groups excluding carboxylic acids is 1. The van der Waals surface area contributed by atoms with E-state index in [-0.39, 0.29) is 11.9 Å². The van der Waals surface area contributed by atoms with Crippen molar-refractivity contribution in [3.63, 3.8) is 0 Å². The van der Waals surface area contributed by atoms with Gasteiger partial charge in [0.05, 0.1) is 12.2 Å².